The van der Waals surface area contributed by atoms with Gasteiger partial charge in [0, 0.05) is 5.56 Å². The van der Waals surface area contributed by atoms with Gasteiger partial charge in [0.1, 0.15) is 5.58 Å². The minimum Gasteiger partial charge on any atom is -0.502 e. The van der Waals surface area contributed by atoms with Gasteiger partial charge < -0.3 is 9.52 Å². The first-order chi connectivity index (χ1) is 10.9. The maximum Gasteiger partial charge on any atom is 0.235 e. The van der Waals surface area contributed by atoms with Gasteiger partial charge in [0.25, 0.3) is 0 Å². The fraction of sp³-hybridized carbons (Fsp3) is 0.250. The lowest BCUT2D eigenvalue weighted by Crippen LogP contribution is -2.04. The maximum atomic E-state index is 12.5. The van der Waals surface area contributed by atoms with Crippen molar-refractivity contribution in [1.29, 1.82) is 0 Å². The summed E-state index contributed by atoms with van der Waals surface area (Å²) in [5.74, 6) is 0.316. The minimum atomic E-state index is -0.388. The molecule has 118 valence electrons. The number of hydrogen-bond donors (Lipinski definition) is 1. The number of hydrogen-bond acceptors (Lipinski definition) is 3. The Morgan fingerprint density at radius 1 is 1.04 bits per heavy atom. The van der Waals surface area contributed by atoms with E-state index in [1.807, 2.05) is 44.2 Å². The van der Waals surface area contributed by atoms with Crippen LogP contribution in [-0.4, -0.2) is 5.11 Å². The molecule has 0 unspecified atom stereocenters. The summed E-state index contributed by atoms with van der Waals surface area (Å²) in [5, 5.41) is 10.7. The largest absolute Gasteiger partial charge is 0.502 e. The standard InChI is InChI=1S/C20H20O3/c1-11(2)14-5-7-15(8-6-14)20-18(22)17(21)16-10-12(3)9-13(4)19(16)23-20/h5-11,22H,1-4H3. The Hall–Kier alpha value is -2.55. The van der Waals surface area contributed by atoms with Crippen LogP contribution in [0.5, 0.6) is 5.75 Å². The van der Waals surface area contributed by atoms with Gasteiger partial charge in [-0.2, -0.15) is 0 Å². The molecule has 3 rings (SSSR count). The molecule has 0 aliphatic carbocycles. The molecule has 1 heterocycles. The monoisotopic (exact) mass is 308 g/mol. The molecule has 0 bridgehead atoms. The van der Waals surface area contributed by atoms with Crippen LogP contribution in [0.25, 0.3) is 22.3 Å². The normalized spacial score (nSPS) is 11.3. The zero-order chi connectivity index (χ0) is 16.7. The Morgan fingerprint density at radius 3 is 2.30 bits per heavy atom. The summed E-state index contributed by atoms with van der Waals surface area (Å²) in [6.45, 7) is 8.06. The predicted octanol–water partition coefficient (Wildman–Crippen LogP) is 4.91. The molecule has 2 aromatic carbocycles. The first kappa shape index (κ1) is 15.3. The summed E-state index contributed by atoms with van der Waals surface area (Å²) in [5.41, 5.74) is 3.89. The van der Waals surface area contributed by atoms with Crippen molar-refractivity contribution in [3.63, 3.8) is 0 Å². The molecule has 3 heteroatoms. The van der Waals surface area contributed by atoms with Gasteiger partial charge in [0.15, 0.2) is 5.76 Å². The Morgan fingerprint density at radius 2 is 1.70 bits per heavy atom. The molecule has 0 aliphatic rings. The predicted molar refractivity (Wildman–Crippen MR) is 93.1 cm³/mol. The van der Waals surface area contributed by atoms with Crippen LogP contribution in [-0.2, 0) is 0 Å². The third kappa shape index (κ3) is 2.63. The zero-order valence-electron chi connectivity index (χ0n) is 13.8. The second kappa shape index (κ2) is 5.58. The van der Waals surface area contributed by atoms with Crippen molar-refractivity contribution >= 4 is 11.0 Å². The van der Waals surface area contributed by atoms with Crippen molar-refractivity contribution in [3.05, 3.63) is 63.3 Å². The van der Waals surface area contributed by atoms with E-state index in [1.54, 1.807) is 6.07 Å². The average molecular weight is 308 g/mol. The highest BCUT2D eigenvalue weighted by Crippen LogP contribution is 2.32. The summed E-state index contributed by atoms with van der Waals surface area (Å²) < 4.78 is 5.90. The second-order valence-electron chi connectivity index (χ2n) is 6.34. The van der Waals surface area contributed by atoms with Crippen molar-refractivity contribution in [2.75, 3.05) is 0 Å². The van der Waals surface area contributed by atoms with Crippen LogP contribution < -0.4 is 5.43 Å². The van der Waals surface area contributed by atoms with Crippen LogP contribution >= 0.6 is 0 Å². The molecule has 0 saturated heterocycles. The first-order valence-corrected chi connectivity index (χ1v) is 7.76. The van der Waals surface area contributed by atoms with Crippen molar-refractivity contribution in [1.82, 2.24) is 0 Å². The van der Waals surface area contributed by atoms with E-state index in [-0.39, 0.29) is 16.9 Å². The topological polar surface area (TPSA) is 50.4 Å². The highest BCUT2D eigenvalue weighted by molar-refractivity contribution is 5.84. The average Bonchev–Trinajstić information content (AvgIpc) is 2.51. The SMILES string of the molecule is Cc1cc(C)c2oc(-c3ccc(C(C)C)cc3)c(O)c(=O)c2c1. The lowest BCUT2D eigenvalue weighted by atomic mass is 10.0. The Kier molecular flexibility index (Phi) is 3.72. The Labute approximate surface area is 135 Å². The van der Waals surface area contributed by atoms with Crippen LogP contribution in [0.2, 0.25) is 0 Å². The summed E-state index contributed by atoms with van der Waals surface area (Å²) in [4.78, 5) is 12.5. The zero-order valence-corrected chi connectivity index (χ0v) is 13.8. The van der Waals surface area contributed by atoms with Crippen LogP contribution in [0.4, 0.5) is 0 Å². The highest BCUT2D eigenvalue weighted by atomic mass is 16.4. The molecule has 1 aromatic heterocycles. The number of rotatable bonds is 2. The van der Waals surface area contributed by atoms with Crippen molar-refractivity contribution in [3.8, 4) is 17.1 Å². The molecule has 1 N–H and O–H groups in total. The van der Waals surface area contributed by atoms with Gasteiger partial charge >= 0.3 is 0 Å². The van der Waals surface area contributed by atoms with E-state index in [0.29, 0.717) is 22.5 Å². The highest BCUT2D eigenvalue weighted by Gasteiger charge is 2.17. The van der Waals surface area contributed by atoms with Crippen molar-refractivity contribution < 1.29 is 9.52 Å². The van der Waals surface area contributed by atoms with Gasteiger partial charge in [0.2, 0.25) is 11.2 Å². The lowest BCUT2D eigenvalue weighted by Gasteiger charge is -2.10. The fourth-order valence-corrected chi connectivity index (χ4v) is 2.85. The fourth-order valence-electron chi connectivity index (χ4n) is 2.85. The van der Waals surface area contributed by atoms with Gasteiger partial charge in [-0.05, 0) is 42.5 Å². The smallest absolute Gasteiger partial charge is 0.235 e. The molecule has 0 saturated carbocycles. The molecular formula is C20H20O3. The van der Waals surface area contributed by atoms with E-state index < -0.39 is 0 Å². The Balaban J connectivity index is 2.26. The van der Waals surface area contributed by atoms with Crippen molar-refractivity contribution in [2.45, 2.75) is 33.6 Å². The molecule has 0 fully saturated rings. The molecule has 0 aliphatic heterocycles. The van der Waals surface area contributed by atoms with Crippen LogP contribution in [0.3, 0.4) is 0 Å². The third-order valence-corrected chi connectivity index (χ3v) is 4.14. The maximum absolute atomic E-state index is 12.5. The van der Waals surface area contributed by atoms with E-state index in [2.05, 4.69) is 13.8 Å². The molecule has 0 spiro atoms. The van der Waals surface area contributed by atoms with E-state index in [1.165, 1.54) is 5.56 Å². The minimum absolute atomic E-state index is 0.227. The first-order valence-electron chi connectivity index (χ1n) is 7.76. The molecule has 0 radical (unpaired) electrons. The van der Waals surface area contributed by atoms with Crippen LogP contribution in [0.15, 0.2) is 45.6 Å². The molecule has 3 nitrogen and oxygen atoms in total. The van der Waals surface area contributed by atoms with Crippen LogP contribution in [0, 0.1) is 13.8 Å². The van der Waals surface area contributed by atoms with Gasteiger partial charge in [0.05, 0.1) is 5.39 Å². The van der Waals surface area contributed by atoms with E-state index in [0.717, 1.165) is 11.1 Å². The van der Waals surface area contributed by atoms with Crippen molar-refractivity contribution in [2.24, 2.45) is 0 Å². The molecule has 23 heavy (non-hydrogen) atoms. The molecular weight excluding hydrogens is 288 g/mol. The van der Waals surface area contributed by atoms with Gasteiger partial charge in [-0.3, -0.25) is 4.79 Å². The molecule has 0 amide bonds. The van der Waals surface area contributed by atoms with E-state index in [4.69, 9.17) is 4.42 Å². The van der Waals surface area contributed by atoms with Crippen LogP contribution in [0.1, 0.15) is 36.5 Å². The number of aromatic hydroxyl groups is 1. The summed E-state index contributed by atoms with van der Waals surface area (Å²) in [6.07, 6.45) is 0. The van der Waals surface area contributed by atoms with Gasteiger partial charge in [-0.15, -0.1) is 0 Å². The Bertz CT molecular complexity index is 932. The summed E-state index contributed by atoms with van der Waals surface area (Å²) in [6, 6.07) is 11.5. The number of benzene rings is 2. The number of aryl methyl sites for hydroxylation is 2. The number of fused-ring (bicyclic) bond motifs is 1. The lowest BCUT2D eigenvalue weighted by molar-refractivity contribution is 0.449. The van der Waals surface area contributed by atoms with Gasteiger partial charge in [-0.1, -0.05) is 44.2 Å². The summed E-state index contributed by atoms with van der Waals surface area (Å²) in [7, 11) is 0. The molecule has 0 atom stereocenters. The van der Waals surface area contributed by atoms with E-state index >= 15 is 0 Å². The van der Waals surface area contributed by atoms with Gasteiger partial charge in [-0.25, -0.2) is 0 Å². The third-order valence-electron chi connectivity index (χ3n) is 4.14. The quantitative estimate of drug-likeness (QED) is 0.732. The summed E-state index contributed by atoms with van der Waals surface area (Å²) >= 11 is 0. The second-order valence-corrected chi connectivity index (χ2v) is 6.34. The molecule has 3 aromatic rings. The van der Waals surface area contributed by atoms with E-state index in [9.17, 15) is 9.90 Å².